The van der Waals surface area contributed by atoms with Gasteiger partial charge >= 0.3 is 0 Å². The van der Waals surface area contributed by atoms with Gasteiger partial charge in [0, 0.05) is 45.7 Å². The fourth-order valence-corrected chi connectivity index (χ4v) is 4.91. The number of aromatic nitrogens is 2. The summed E-state index contributed by atoms with van der Waals surface area (Å²) >= 11 is 0. The first-order valence-electron chi connectivity index (χ1n) is 10.5. The third-order valence-corrected chi connectivity index (χ3v) is 7.34. The SMILES string of the molecule is CN(C)c1cc(C2CCCNC2)nc(CN(C)S(=O)(=O)c2ccc3c(c2)OCCO3)n1. The van der Waals surface area contributed by atoms with Crippen LogP contribution in [-0.2, 0) is 16.6 Å². The number of sulfonamides is 1. The van der Waals surface area contributed by atoms with Crippen LogP contribution >= 0.6 is 0 Å². The topological polar surface area (TPSA) is 96.9 Å². The van der Waals surface area contributed by atoms with Gasteiger partial charge in [-0.1, -0.05) is 0 Å². The molecule has 9 nitrogen and oxygen atoms in total. The predicted octanol–water partition coefficient (Wildman–Crippen LogP) is 1.60. The maximum absolute atomic E-state index is 13.2. The Morgan fingerprint density at radius 3 is 2.58 bits per heavy atom. The van der Waals surface area contributed by atoms with Crippen LogP contribution in [0, 0.1) is 0 Å². The fourth-order valence-electron chi connectivity index (χ4n) is 3.76. The van der Waals surface area contributed by atoms with Gasteiger partial charge in [-0.25, -0.2) is 18.4 Å². The molecule has 1 unspecified atom stereocenters. The number of anilines is 1. The van der Waals surface area contributed by atoms with Gasteiger partial charge in [0.1, 0.15) is 24.9 Å². The number of nitrogens with zero attached hydrogens (tertiary/aromatic N) is 4. The van der Waals surface area contributed by atoms with Crippen molar-refractivity contribution in [1.29, 1.82) is 0 Å². The number of fused-ring (bicyclic) bond motifs is 1. The highest BCUT2D eigenvalue weighted by Gasteiger charge is 2.26. The van der Waals surface area contributed by atoms with Crippen molar-refractivity contribution in [3.05, 3.63) is 35.8 Å². The average molecular weight is 448 g/mol. The summed E-state index contributed by atoms with van der Waals surface area (Å²) in [6.45, 7) is 2.82. The zero-order valence-corrected chi connectivity index (χ0v) is 19.0. The molecule has 4 rings (SSSR count). The summed E-state index contributed by atoms with van der Waals surface area (Å²) < 4.78 is 38.7. The van der Waals surface area contributed by atoms with E-state index in [1.54, 1.807) is 13.1 Å². The Morgan fingerprint density at radius 2 is 1.87 bits per heavy atom. The van der Waals surface area contributed by atoms with Crippen LogP contribution in [0.5, 0.6) is 11.5 Å². The summed E-state index contributed by atoms with van der Waals surface area (Å²) in [6.07, 6.45) is 2.15. The van der Waals surface area contributed by atoms with Crippen LogP contribution in [0.2, 0.25) is 0 Å². The van der Waals surface area contributed by atoms with Gasteiger partial charge in [-0.15, -0.1) is 0 Å². The Hall–Kier alpha value is -2.43. The molecule has 2 aliphatic heterocycles. The van der Waals surface area contributed by atoms with Crippen LogP contribution in [0.15, 0.2) is 29.2 Å². The first-order valence-corrected chi connectivity index (χ1v) is 11.9. The lowest BCUT2D eigenvalue weighted by Gasteiger charge is -2.25. The van der Waals surface area contributed by atoms with E-state index < -0.39 is 10.0 Å². The molecule has 3 heterocycles. The zero-order chi connectivity index (χ0) is 22.0. The Bertz CT molecular complexity index is 1040. The van der Waals surface area contributed by atoms with Crippen LogP contribution in [0.25, 0.3) is 0 Å². The number of piperidine rings is 1. The molecule has 2 aromatic rings. The zero-order valence-electron chi connectivity index (χ0n) is 18.2. The molecule has 1 aromatic heterocycles. The highest BCUT2D eigenvalue weighted by Crippen LogP contribution is 2.33. The van der Waals surface area contributed by atoms with Crippen molar-refractivity contribution in [3.8, 4) is 11.5 Å². The minimum atomic E-state index is -3.75. The Kier molecular flexibility index (Phi) is 6.31. The number of hydrogen-bond acceptors (Lipinski definition) is 8. The molecule has 1 aromatic carbocycles. The Labute approximate surface area is 183 Å². The molecule has 168 valence electrons. The number of hydrogen-bond donors (Lipinski definition) is 1. The lowest BCUT2D eigenvalue weighted by Crippen LogP contribution is -2.30. The van der Waals surface area contributed by atoms with Crippen LogP contribution in [0.1, 0.15) is 30.3 Å². The lowest BCUT2D eigenvalue weighted by atomic mass is 9.96. The Balaban J connectivity index is 1.59. The molecular weight excluding hydrogens is 418 g/mol. The molecule has 1 saturated heterocycles. The lowest BCUT2D eigenvalue weighted by molar-refractivity contribution is 0.171. The molecule has 1 fully saturated rings. The van der Waals surface area contributed by atoms with E-state index in [9.17, 15) is 8.42 Å². The van der Waals surface area contributed by atoms with Crippen LogP contribution in [-0.4, -0.2) is 70.1 Å². The number of ether oxygens (including phenoxy) is 2. The minimum Gasteiger partial charge on any atom is -0.486 e. The number of benzene rings is 1. The van der Waals surface area contributed by atoms with Crippen LogP contribution in [0.3, 0.4) is 0 Å². The molecule has 0 aliphatic carbocycles. The molecule has 1 atom stereocenters. The molecular formula is C21H29N5O4S. The standard InChI is InChI=1S/C21H29N5O4S/c1-25(2)21-12-17(15-5-4-8-22-13-15)23-20(24-21)14-26(3)31(27,28)16-6-7-18-19(11-16)30-10-9-29-18/h6-7,11-12,15,22H,4-5,8-10,13-14H2,1-3H3. The summed E-state index contributed by atoms with van der Waals surface area (Å²) in [5.41, 5.74) is 0.950. The maximum atomic E-state index is 13.2. The normalized spacial score (nSPS) is 18.8. The van der Waals surface area contributed by atoms with Gasteiger partial charge in [0.05, 0.1) is 17.1 Å². The van der Waals surface area contributed by atoms with Crippen molar-refractivity contribution in [2.75, 3.05) is 52.3 Å². The molecule has 0 spiro atoms. The van der Waals surface area contributed by atoms with E-state index in [2.05, 4.69) is 10.3 Å². The predicted molar refractivity (Wildman–Crippen MR) is 117 cm³/mol. The molecule has 2 aliphatic rings. The van der Waals surface area contributed by atoms with Crippen LogP contribution < -0.4 is 19.7 Å². The molecule has 0 saturated carbocycles. The van der Waals surface area contributed by atoms with Crippen molar-refractivity contribution in [2.24, 2.45) is 0 Å². The largest absolute Gasteiger partial charge is 0.486 e. The summed E-state index contributed by atoms with van der Waals surface area (Å²) in [5, 5.41) is 3.41. The molecule has 10 heteroatoms. The number of rotatable bonds is 6. The van der Waals surface area contributed by atoms with Crippen molar-refractivity contribution in [1.82, 2.24) is 19.6 Å². The first kappa shape index (κ1) is 21.8. The summed E-state index contributed by atoms with van der Waals surface area (Å²) in [6, 6.07) is 6.68. The number of nitrogens with one attached hydrogen (secondary N) is 1. The average Bonchev–Trinajstić information content (AvgIpc) is 2.79. The third kappa shape index (κ3) is 4.76. The Morgan fingerprint density at radius 1 is 1.10 bits per heavy atom. The van der Waals surface area contributed by atoms with Crippen molar-refractivity contribution < 1.29 is 17.9 Å². The van der Waals surface area contributed by atoms with Gasteiger partial charge < -0.3 is 19.7 Å². The highest BCUT2D eigenvalue weighted by atomic mass is 32.2. The van der Waals surface area contributed by atoms with E-state index >= 15 is 0 Å². The van der Waals surface area contributed by atoms with E-state index in [0.29, 0.717) is 36.5 Å². The summed E-state index contributed by atoms with van der Waals surface area (Å²) in [5.74, 6) is 2.55. The smallest absolute Gasteiger partial charge is 0.243 e. The van der Waals surface area contributed by atoms with E-state index in [4.69, 9.17) is 14.5 Å². The quantitative estimate of drug-likeness (QED) is 0.713. The highest BCUT2D eigenvalue weighted by molar-refractivity contribution is 7.89. The van der Waals surface area contributed by atoms with Gasteiger partial charge in [-0.05, 0) is 31.5 Å². The van der Waals surface area contributed by atoms with Crippen molar-refractivity contribution in [3.63, 3.8) is 0 Å². The van der Waals surface area contributed by atoms with E-state index in [1.807, 2.05) is 25.1 Å². The second-order valence-corrected chi connectivity index (χ2v) is 10.1. The van der Waals surface area contributed by atoms with Gasteiger partial charge in [0.25, 0.3) is 0 Å². The van der Waals surface area contributed by atoms with Crippen molar-refractivity contribution >= 4 is 15.8 Å². The fraction of sp³-hybridized carbons (Fsp3) is 0.524. The van der Waals surface area contributed by atoms with Gasteiger partial charge in [0.2, 0.25) is 10.0 Å². The molecule has 1 N–H and O–H groups in total. The van der Waals surface area contributed by atoms with E-state index in [0.717, 1.165) is 37.4 Å². The summed E-state index contributed by atoms with van der Waals surface area (Å²) in [4.78, 5) is 11.4. The molecule has 0 amide bonds. The van der Waals surface area contributed by atoms with Crippen LogP contribution in [0.4, 0.5) is 5.82 Å². The van der Waals surface area contributed by atoms with Gasteiger partial charge in [-0.2, -0.15) is 4.31 Å². The van der Waals surface area contributed by atoms with E-state index in [-0.39, 0.29) is 11.4 Å². The minimum absolute atomic E-state index is 0.0750. The first-order chi connectivity index (χ1) is 14.8. The third-order valence-electron chi connectivity index (χ3n) is 5.54. The second kappa shape index (κ2) is 8.97. The molecule has 0 radical (unpaired) electrons. The van der Waals surface area contributed by atoms with Gasteiger partial charge in [0.15, 0.2) is 11.5 Å². The van der Waals surface area contributed by atoms with Crippen molar-refractivity contribution in [2.45, 2.75) is 30.2 Å². The monoisotopic (exact) mass is 447 g/mol. The maximum Gasteiger partial charge on any atom is 0.243 e. The molecule has 31 heavy (non-hydrogen) atoms. The van der Waals surface area contributed by atoms with Gasteiger partial charge in [-0.3, -0.25) is 0 Å². The summed E-state index contributed by atoms with van der Waals surface area (Å²) in [7, 11) is 1.63. The van der Waals surface area contributed by atoms with E-state index in [1.165, 1.54) is 16.4 Å². The molecule has 0 bridgehead atoms. The second-order valence-electron chi connectivity index (χ2n) is 8.07.